The number of benzene rings is 2. The van der Waals surface area contributed by atoms with E-state index in [1.807, 2.05) is 24.3 Å². The number of aromatic nitrogens is 1. The van der Waals surface area contributed by atoms with Crippen molar-refractivity contribution in [2.45, 2.75) is 17.9 Å². The molecule has 1 heterocycles. The SMILES string of the molecule is COCCn1c(=NC(=O)Cc2ccc(OC)cc2)sc2cc(SC)ccc21. The molecule has 2 aromatic carbocycles. The molecule has 0 aliphatic rings. The monoisotopic (exact) mass is 402 g/mol. The molecule has 0 N–H and O–H groups in total. The van der Waals surface area contributed by atoms with E-state index < -0.39 is 0 Å². The van der Waals surface area contributed by atoms with Gasteiger partial charge in [0.05, 0.1) is 30.4 Å². The van der Waals surface area contributed by atoms with E-state index in [-0.39, 0.29) is 12.3 Å². The van der Waals surface area contributed by atoms with Crippen LogP contribution in [0, 0.1) is 0 Å². The number of ether oxygens (including phenoxy) is 2. The quantitative estimate of drug-likeness (QED) is 0.565. The average Bonchev–Trinajstić information content (AvgIpc) is 3.02. The number of nitrogens with zero attached hydrogens (tertiary/aromatic N) is 2. The van der Waals surface area contributed by atoms with E-state index in [1.54, 1.807) is 26.0 Å². The third-order valence-electron chi connectivity index (χ3n) is 4.14. The van der Waals surface area contributed by atoms with Gasteiger partial charge in [-0.15, -0.1) is 11.8 Å². The first kappa shape index (κ1) is 19.7. The predicted octanol–water partition coefficient (Wildman–Crippen LogP) is 3.75. The first-order valence-corrected chi connectivity index (χ1v) is 10.6. The Hall–Kier alpha value is -2.09. The lowest BCUT2D eigenvalue weighted by Gasteiger charge is -2.05. The van der Waals surface area contributed by atoms with Gasteiger partial charge < -0.3 is 14.0 Å². The number of methoxy groups -OCH3 is 2. The molecule has 0 saturated carbocycles. The van der Waals surface area contributed by atoms with E-state index >= 15 is 0 Å². The van der Waals surface area contributed by atoms with Crippen LogP contribution < -0.4 is 9.54 Å². The molecule has 3 rings (SSSR count). The Balaban J connectivity index is 1.93. The number of amides is 1. The van der Waals surface area contributed by atoms with Crippen molar-refractivity contribution in [3.63, 3.8) is 0 Å². The Labute approximate surface area is 166 Å². The zero-order valence-corrected chi connectivity index (χ0v) is 17.2. The molecule has 1 aromatic heterocycles. The molecule has 0 unspecified atom stereocenters. The van der Waals surface area contributed by atoms with Crippen LogP contribution in [-0.4, -0.2) is 37.6 Å². The van der Waals surface area contributed by atoms with Gasteiger partial charge in [-0.3, -0.25) is 4.79 Å². The van der Waals surface area contributed by atoms with Crippen LogP contribution in [0.15, 0.2) is 52.4 Å². The molecule has 0 aliphatic carbocycles. The van der Waals surface area contributed by atoms with Crippen molar-refractivity contribution in [3.8, 4) is 5.75 Å². The van der Waals surface area contributed by atoms with E-state index in [0.29, 0.717) is 18.0 Å². The number of carbonyl (C=O) groups excluding carboxylic acids is 1. The van der Waals surface area contributed by atoms with Crippen molar-refractivity contribution >= 4 is 39.2 Å². The van der Waals surface area contributed by atoms with Gasteiger partial charge in [0.1, 0.15) is 5.75 Å². The Morgan fingerprint density at radius 1 is 1.19 bits per heavy atom. The summed E-state index contributed by atoms with van der Waals surface area (Å²) >= 11 is 3.24. The minimum absolute atomic E-state index is 0.164. The molecular weight excluding hydrogens is 380 g/mol. The summed E-state index contributed by atoms with van der Waals surface area (Å²) in [6, 6.07) is 13.8. The Morgan fingerprint density at radius 2 is 1.96 bits per heavy atom. The smallest absolute Gasteiger partial charge is 0.252 e. The number of thioether (sulfide) groups is 1. The summed E-state index contributed by atoms with van der Waals surface area (Å²) in [5.41, 5.74) is 1.99. The minimum atomic E-state index is -0.164. The second-order valence-corrected chi connectivity index (χ2v) is 7.78. The number of hydrogen-bond acceptors (Lipinski definition) is 5. The van der Waals surface area contributed by atoms with Gasteiger partial charge in [0.2, 0.25) is 0 Å². The van der Waals surface area contributed by atoms with Crippen LogP contribution in [0.5, 0.6) is 5.75 Å². The van der Waals surface area contributed by atoms with Crippen LogP contribution in [0.25, 0.3) is 10.2 Å². The molecule has 0 spiro atoms. The van der Waals surface area contributed by atoms with Crippen molar-refractivity contribution in [2.75, 3.05) is 27.1 Å². The number of hydrogen-bond donors (Lipinski definition) is 0. The van der Waals surface area contributed by atoms with Gasteiger partial charge in [-0.1, -0.05) is 23.5 Å². The molecule has 1 amide bonds. The maximum atomic E-state index is 12.5. The summed E-state index contributed by atoms with van der Waals surface area (Å²) < 4.78 is 13.6. The van der Waals surface area contributed by atoms with Gasteiger partial charge in [0.25, 0.3) is 5.91 Å². The Morgan fingerprint density at radius 3 is 2.63 bits per heavy atom. The minimum Gasteiger partial charge on any atom is -0.497 e. The summed E-state index contributed by atoms with van der Waals surface area (Å²) in [7, 11) is 3.30. The lowest BCUT2D eigenvalue weighted by Crippen LogP contribution is -2.19. The van der Waals surface area contributed by atoms with E-state index in [1.165, 1.54) is 16.2 Å². The number of fused-ring (bicyclic) bond motifs is 1. The highest BCUT2D eigenvalue weighted by Gasteiger charge is 2.09. The van der Waals surface area contributed by atoms with Crippen LogP contribution in [-0.2, 0) is 22.5 Å². The molecule has 0 saturated heterocycles. The molecule has 0 radical (unpaired) electrons. The van der Waals surface area contributed by atoms with Gasteiger partial charge in [0, 0.05) is 18.6 Å². The normalized spacial score (nSPS) is 11.9. The standard InChI is InChI=1S/C20H22N2O3S2/c1-24-11-10-22-17-9-8-16(26-3)13-18(17)27-20(22)21-19(23)12-14-4-6-15(25-2)7-5-14/h4-9,13H,10-12H2,1-3H3. The summed E-state index contributed by atoms with van der Waals surface area (Å²) in [6.07, 6.45) is 2.32. The molecule has 0 fully saturated rings. The highest BCUT2D eigenvalue weighted by Crippen LogP contribution is 2.24. The number of thiazole rings is 1. The van der Waals surface area contributed by atoms with Crippen molar-refractivity contribution in [1.82, 2.24) is 4.57 Å². The molecule has 5 nitrogen and oxygen atoms in total. The fraction of sp³-hybridized carbons (Fsp3) is 0.300. The molecule has 7 heteroatoms. The van der Waals surface area contributed by atoms with Gasteiger partial charge >= 0.3 is 0 Å². The first-order valence-electron chi connectivity index (χ1n) is 8.51. The average molecular weight is 403 g/mol. The van der Waals surface area contributed by atoms with E-state index in [2.05, 4.69) is 34.0 Å². The highest BCUT2D eigenvalue weighted by atomic mass is 32.2. The third kappa shape index (κ3) is 4.80. The van der Waals surface area contributed by atoms with Crippen LogP contribution in [0.4, 0.5) is 0 Å². The molecular formula is C20H22N2O3S2. The van der Waals surface area contributed by atoms with E-state index in [9.17, 15) is 4.79 Å². The van der Waals surface area contributed by atoms with Crippen LogP contribution >= 0.6 is 23.1 Å². The maximum Gasteiger partial charge on any atom is 0.252 e. The van der Waals surface area contributed by atoms with Crippen LogP contribution in [0.1, 0.15) is 5.56 Å². The van der Waals surface area contributed by atoms with Gasteiger partial charge in [0.15, 0.2) is 4.80 Å². The van der Waals surface area contributed by atoms with Crippen molar-refractivity contribution in [2.24, 2.45) is 4.99 Å². The van der Waals surface area contributed by atoms with Crippen LogP contribution in [0.3, 0.4) is 0 Å². The van der Waals surface area contributed by atoms with Crippen molar-refractivity contribution in [3.05, 3.63) is 52.8 Å². The molecule has 0 atom stereocenters. The van der Waals surface area contributed by atoms with Gasteiger partial charge in [-0.2, -0.15) is 4.99 Å². The second-order valence-electron chi connectivity index (χ2n) is 5.89. The lowest BCUT2D eigenvalue weighted by molar-refractivity contribution is -0.117. The molecule has 0 bridgehead atoms. The number of carbonyl (C=O) groups is 1. The number of rotatable bonds is 7. The summed E-state index contributed by atoms with van der Waals surface area (Å²) in [5, 5.41) is 0. The summed E-state index contributed by atoms with van der Waals surface area (Å²) in [5.74, 6) is 0.609. The topological polar surface area (TPSA) is 52.8 Å². The van der Waals surface area contributed by atoms with Gasteiger partial charge in [-0.05, 0) is 42.2 Å². The highest BCUT2D eigenvalue weighted by molar-refractivity contribution is 7.98. The lowest BCUT2D eigenvalue weighted by atomic mass is 10.1. The Kier molecular flexibility index (Phi) is 6.71. The molecule has 3 aromatic rings. The summed E-state index contributed by atoms with van der Waals surface area (Å²) in [6.45, 7) is 1.22. The van der Waals surface area contributed by atoms with E-state index in [4.69, 9.17) is 9.47 Å². The largest absolute Gasteiger partial charge is 0.497 e. The molecule has 0 aliphatic heterocycles. The predicted molar refractivity (Wildman–Crippen MR) is 111 cm³/mol. The molecule has 27 heavy (non-hydrogen) atoms. The Bertz CT molecular complexity index is 991. The zero-order valence-electron chi connectivity index (χ0n) is 15.6. The summed E-state index contributed by atoms with van der Waals surface area (Å²) in [4.78, 5) is 18.8. The van der Waals surface area contributed by atoms with Crippen LogP contribution in [0.2, 0.25) is 0 Å². The van der Waals surface area contributed by atoms with Gasteiger partial charge in [-0.25, -0.2) is 0 Å². The fourth-order valence-electron chi connectivity index (χ4n) is 2.73. The zero-order chi connectivity index (χ0) is 19.2. The van der Waals surface area contributed by atoms with Crippen molar-refractivity contribution in [1.29, 1.82) is 0 Å². The van der Waals surface area contributed by atoms with E-state index in [0.717, 1.165) is 21.5 Å². The second kappa shape index (κ2) is 9.21. The third-order valence-corrected chi connectivity index (χ3v) is 5.91. The first-order chi connectivity index (χ1) is 13.1. The fourth-order valence-corrected chi connectivity index (χ4v) is 4.36. The molecule has 142 valence electrons. The van der Waals surface area contributed by atoms with Crippen molar-refractivity contribution < 1.29 is 14.3 Å². The maximum absolute atomic E-state index is 12.5.